The fraction of sp³-hybridized carbons (Fsp3) is 1.00. The minimum atomic E-state index is -0.258. The molecule has 1 saturated heterocycles. The molecule has 0 aromatic rings. The van der Waals surface area contributed by atoms with Crippen LogP contribution in [0.1, 0.15) is 26.2 Å². The second-order valence-corrected chi connectivity index (χ2v) is 4.06. The molecule has 11 heavy (non-hydrogen) atoms. The summed E-state index contributed by atoms with van der Waals surface area (Å²) < 4.78 is 12.2. The largest absolute Gasteiger partial charge is 0.348 e. The molecule has 1 fully saturated rings. The van der Waals surface area contributed by atoms with Gasteiger partial charge in [0.05, 0.1) is 13.2 Å². The minimum Gasteiger partial charge on any atom is -0.348 e. The summed E-state index contributed by atoms with van der Waals surface area (Å²) in [6, 6.07) is 0. The van der Waals surface area contributed by atoms with Crippen LogP contribution in [0.3, 0.4) is 0 Å². The van der Waals surface area contributed by atoms with Gasteiger partial charge in [-0.15, -0.1) is 0 Å². The predicted molar refractivity (Wildman–Crippen MR) is 53.0 cm³/mol. The second kappa shape index (κ2) is 4.62. The van der Waals surface area contributed by atoms with Crippen LogP contribution >= 0.6 is 22.6 Å². The Morgan fingerprint density at radius 2 is 1.91 bits per heavy atom. The molecule has 0 amide bonds. The Bertz CT molecular complexity index is 111. The molecule has 0 bridgehead atoms. The predicted octanol–water partition coefficient (Wildman–Crippen LogP) is 2.35. The van der Waals surface area contributed by atoms with Gasteiger partial charge in [-0.25, -0.2) is 0 Å². The summed E-state index contributed by atoms with van der Waals surface area (Å²) in [5.74, 6) is -0.258. The van der Waals surface area contributed by atoms with Crippen LogP contribution in [-0.4, -0.2) is 23.4 Å². The quantitative estimate of drug-likeness (QED) is 0.443. The van der Waals surface area contributed by atoms with E-state index in [1.807, 2.05) is 6.92 Å². The van der Waals surface area contributed by atoms with Gasteiger partial charge in [-0.3, -0.25) is 0 Å². The Morgan fingerprint density at radius 1 is 1.27 bits per heavy atom. The van der Waals surface area contributed by atoms with Crippen LogP contribution in [0.15, 0.2) is 0 Å². The molecule has 66 valence electrons. The molecule has 1 rings (SSSR count). The summed E-state index contributed by atoms with van der Waals surface area (Å²) in [7, 11) is 0. The van der Waals surface area contributed by atoms with Crippen LogP contribution < -0.4 is 0 Å². The summed E-state index contributed by atoms with van der Waals surface area (Å²) in [5.41, 5.74) is 0. The monoisotopic (exact) mass is 270 g/mol. The highest BCUT2D eigenvalue weighted by atomic mass is 127. The first-order chi connectivity index (χ1) is 5.27. The van der Waals surface area contributed by atoms with Gasteiger partial charge in [0, 0.05) is 6.42 Å². The molecular weight excluding hydrogens is 255 g/mol. The first kappa shape index (κ1) is 9.74. The zero-order valence-corrected chi connectivity index (χ0v) is 9.09. The van der Waals surface area contributed by atoms with Gasteiger partial charge in [-0.2, -0.15) is 0 Å². The Morgan fingerprint density at radius 3 is 2.45 bits per heavy atom. The highest BCUT2D eigenvalue weighted by Crippen LogP contribution is 2.24. The molecular formula is C8H15IO2. The SMILES string of the molecule is CC1(CCCCI)OCCO1. The molecule has 0 aliphatic carbocycles. The Balaban J connectivity index is 2.13. The zero-order valence-electron chi connectivity index (χ0n) is 6.94. The van der Waals surface area contributed by atoms with Crippen molar-refractivity contribution in [3.05, 3.63) is 0 Å². The van der Waals surface area contributed by atoms with Crippen molar-refractivity contribution in [3.8, 4) is 0 Å². The van der Waals surface area contributed by atoms with Crippen molar-refractivity contribution in [2.75, 3.05) is 17.6 Å². The van der Waals surface area contributed by atoms with E-state index in [-0.39, 0.29) is 5.79 Å². The van der Waals surface area contributed by atoms with Crippen LogP contribution in [0.4, 0.5) is 0 Å². The Hall–Kier alpha value is 0.650. The van der Waals surface area contributed by atoms with E-state index in [2.05, 4.69) is 22.6 Å². The maximum Gasteiger partial charge on any atom is 0.165 e. The maximum absolute atomic E-state index is 5.46. The topological polar surface area (TPSA) is 18.5 Å². The summed E-state index contributed by atoms with van der Waals surface area (Å²) in [6.45, 7) is 3.56. The lowest BCUT2D eigenvalue weighted by Gasteiger charge is -2.21. The standard InChI is InChI=1S/C8H15IO2/c1-8(4-2-3-5-9)10-6-7-11-8/h2-7H2,1H3. The van der Waals surface area contributed by atoms with Gasteiger partial charge < -0.3 is 9.47 Å². The number of ether oxygens (including phenoxy) is 2. The molecule has 0 radical (unpaired) electrons. The van der Waals surface area contributed by atoms with Crippen LogP contribution in [-0.2, 0) is 9.47 Å². The van der Waals surface area contributed by atoms with Gasteiger partial charge >= 0.3 is 0 Å². The van der Waals surface area contributed by atoms with Gasteiger partial charge in [-0.05, 0) is 24.2 Å². The van der Waals surface area contributed by atoms with E-state index in [9.17, 15) is 0 Å². The third-order valence-corrected chi connectivity index (χ3v) is 2.68. The lowest BCUT2D eigenvalue weighted by molar-refractivity contribution is -0.147. The number of unbranched alkanes of at least 4 members (excludes halogenated alkanes) is 1. The normalized spacial score (nSPS) is 22.4. The third kappa shape index (κ3) is 3.25. The fourth-order valence-electron chi connectivity index (χ4n) is 1.24. The van der Waals surface area contributed by atoms with Crippen molar-refractivity contribution in [3.63, 3.8) is 0 Å². The zero-order chi connectivity index (χ0) is 8.16. The van der Waals surface area contributed by atoms with E-state index in [1.165, 1.54) is 17.3 Å². The van der Waals surface area contributed by atoms with E-state index in [0.29, 0.717) is 0 Å². The molecule has 3 heteroatoms. The molecule has 0 atom stereocenters. The van der Waals surface area contributed by atoms with Gasteiger partial charge in [0.25, 0.3) is 0 Å². The first-order valence-electron chi connectivity index (χ1n) is 4.11. The Labute approximate surface area is 81.8 Å². The highest BCUT2D eigenvalue weighted by molar-refractivity contribution is 14.1. The van der Waals surface area contributed by atoms with Crippen molar-refractivity contribution in [2.24, 2.45) is 0 Å². The molecule has 0 saturated carbocycles. The summed E-state index contributed by atoms with van der Waals surface area (Å²) in [4.78, 5) is 0. The van der Waals surface area contributed by atoms with Crippen molar-refractivity contribution >= 4 is 22.6 Å². The van der Waals surface area contributed by atoms with E-state index < -0.39 is 0 Å². The molecule has 0 N–H and O–H groups in total. The second-order valence-electron chi connectivity index (χ2n) is 2.98. The molecule has 1 aliphatic rings. The number of hydrogen-bond acceptors (Lipinski definition) is 2. The first-order valence-corrected chi connectivity index (χ1v) is 5.63. The van der Waals surface area contributed by atoms with Crippen molar-refractivity contribution in [2.45, 2.75) is 32.0 Å². The van der Waals surface area contributed by atoms with Crippen LogP contribution in [0, 0.1) is 0 Å². The lowest BCUT2D eigenvalue weighted by atomic mass is 10.1. The smallest absolute Gasteiger partial charge is 0.165 e. The lowest BCUT2D eigenvalue weighted by Crippen LogP contribution is -2.25. The summed E-state index contributed by atoms with van der Waals surface area (Å²) in [6.07, 6.45) is 3.51. The van der Waals surface area contributed by atoms with Crippen LogP contribution in [0.25, 0.3) is 0 Å². The third-order valence-electron chi connectivity index (χ3n) is 1.91. The van der Waals surface area contributed by atoms with Gasteiger partial charge in [0.1, 0.15) is 0 Å². The Kier molecular flexibility index (Phi) is 4.09. The summed E-state index contributed by atoms with van der Waals surface area (Å²) in [5, 5.41) is 0. The van der Waals surface area contributed by atoms with Crippen molar-refractivity contribution in [1.82, 2.24) is 0 Å². The van der Waals surface area contributed by atoms with Crippen LogP contribution in [0.5, 0.6) is 0 Å². The average molecular weight is 270 g/mol. The molecule has 1 aliphatic heterocycles. The average Bonchev–Trinajstić information content (AvgIpc) is 2.38. The van der Waals surface area contributed by atoms with Crippen LogP contribution in [0.2, 0.25) is 0 Å². The van der Waals surface area contributed by atoms with E-state index >= 15 is 0 Å². The van der Waals surface area contributed by atoms with Gasteiger partial charge in [0.15, 0.2) is 5.79 Å². The molecule has 0 unspecified atom stereocenters. The highest BCUT2D eigenvalue weighted by Gasteiger charge is 2.29. The van der Waals surface area contributed by atoms with Crippen molar-refractivity contribution in [1.29, 1.82) is 0 Å². The number of hydrogen-bond donors (Lipinski definition) is 0. The summed E-state index contributed by atoms with van der Waals surface area (Å²) >= 11 is 2.40. The fourth-order valence-corrected chi connectivity index (χ4v) is 1.78. The number of rotatable bonds is 4. The number of alkyl halides is 1. The molecule has 1 heterocycles. The molecule has 2 nitrogen and oxygen atoms in total. The maximum atomic E-state index is 5.46. The molecule has 0 spiro atoms. The minimum absolute atomic E-state index is 0.258. The van der Waals surface area contributed by atoms with E-state index in [1.54, 1.807) is 0 Å². The van der Waals surface area contributed by atoms with E-state index in [4.69, 9.17) is 9.47 Å². The van der Waals surface area contributed by atoms with E-state index in [0.717, 1.165) is 19.6 Å². The van der Waals surface area contributed by atoms with Gasteiger partial charge in [0.2, 0.25) is 0 Å². The van der Waals surface area contributed by atoms with Crippen molar-refractivity contribution < 1.29 is 9.47 Å². The van der Waals surface area contributed by atoms with Gasteiger partial charge in [-0.1, -0.05) is 22.6 Å². The molecule has 0 aromatic heterocycles. The number of halogens is 1. The molecule has 0 aromatic carbocycles.